The number of nitrogen functional groups attached to an aromatic ring is 1. The van der Waals surface area contributed by atoms with Crippen LogP contribution in [0.25, 0.3) is 11.3 Å². The van der Waals surface area contributed by atoms with E-state index in [2.05, 4.69) is 32.4 Å². The molecule has 4 heterocycles. The summed E-state index contributed by atoms with van der Waals surface area (Å²) >= 11 is 12.5. The van der Waals surface area contributed by atoms with Crippen molar-refractivity contribution in [3.8, 4) is 11.3 Å². The number of aromatic nitrogens is 2. The number of imide groups is 1. The predicted molar refractivity (Wildman–Crippen MR) is 161 cm³/mol. The summed E-state index contributed by atoms with van der Waals surface area (Å²) in [5.41, 5.74) is 9.95. The van der Waals surface area contributed by atoms with Crippen molar-refractivity contribution in [3.05, 3.63) is 69.3 Å². The molecule has 0 radical (unpaired) electrons. The number of halogens is 2. The monoisotopic (exact) mass is 607 g/mol. The molecular formula is C30H31Cl2N7O3. The van der Waals surface area contributed by atoms with Gasteiger partial charge in [-0.05, 0) is 49.4 Å². The van der Waals surface area contributed by atoms with E-state index < -0.39 is 11.9 Å². The van der Waals surface area contributed by atoms with Crippen molar-refractivity contribution in [2.45, 2.75) is 57.3 Å². The third-order valence-electron chi connectivity index (χ3n) is 8.49. The maximum absolute atomic E-state index is 13.0. The molecule has 10 nitrogen and oxygen atoms in total. The number of amides is 3. The van der Waals surface area contributed by atoms with Crippen LogP contribution in [-0.2, 0) is 22.7 Å². The third-order valence-corrected chi connectivity index (χ3v) is 9.31. The molecule has 3 aliphatic heterocycles. The number of hydrogen-bond donors (Lipinski definition) is 3. The molecule has 3 aromatic rings. The Bertz CT molecular complexity index is 1590. The van der Waals surface area contributed by atoms with Gasteiger partial charge in [-0.3, -0.25) is 19.7 Å². The Kier molecular flexibility index (Phi) is 7.55. The molecule has 218 valence electrons. The van der Waals surface area contributed by atoms with E-state index in [9.17, 15) is 14.4 Å². The van der Waals surface area contributed by atoms with Crippen LogP contribution in [0.5, 0.6) is 0 Å². The smallest absolute Gasteiger partial charge is 0.255 e. The van der Waals surface area contributed by atoms with Gasteiger partial charge < -0.3 is 20.9 Å². The van der Waals surface area contributed by atoms with Gasteiger partial charge in [0.05, 0.1) is 16.2 Å². The summed E-state index contributed by atoms with van der Waals surface area (Å²) in [5, 5.41) is 6.89. The second kappa shape index (κ2) is 11.2. The van der Waals surface area contributed by atoms with Crippen LogP contribution in [0.15, 0.2) is 42.6 Å². The van der Waals surface area contributed by atoms with E-state index in [1.165, 1.54) is 0 Å². The molecule has 0 bridgehead atoms. The van der Waals surface area contributed by atoms with Gasteiger partial charge >= 0.3 is 0 Å². The molecular weight excluding hydrogens is 577 g/mol. The summed E-state index contributed by atoms with van der Waals surface area (Å²) in [7, 11) is 0. The van der Waals surface area contributed by atoms with Gasteiger partial charge in [0.2, 0.25) is 11.8 Å². The van der Waals surface area contributed by atoms with Gasteiger partial charge in [-0.25, -0.2) is 9.97 Å². The molecule has 3 amide bonds. The predicted octanol–water partition coefficient (Wildman–Crippen LogP) is 3.94. The second-order valence-electron chi connectivity index (χ2n) is 11.4. The first-order chi connectivity index (χ1) is 20.1. The van der Waals surface area contributed by atoms with E-state index in [0.29, 0.717) is 52.2 Å². The summed E-state index contributed by atoms with van der Waals surface area (Å²) < 4.78 is 0. The Morgan fingerprint density at radius 1 is 1.12 bits per heavy atom. The number of piperidine rings is 2. The molecule has 0 saturated carbocycles. The SMILES string of the molecule is CC1(NCc2ccc3c(c2)CN(C2CCC(=O)NC2=O)C3=O)CCN(c2cnc(-c3cccc(Cl)c3Cl)c(N)n2)CC1. The number of nitrogens with one attached hydrogen (secondary N) is 2. The van der Waals surface area contributed by atoms with Gasteiger partial charge in [-0.1, -0.05) is 47.5 Å². The largest absolute Gasteiger partial charge is 0.382 e. The van der Waals surface area contributed by atoms with E-state index in [1.54, 1.807) is 23.2 Å². The Labute approximate surface area is 253 Å². The van der Waals surface area contributed by atoms with E-state index in [0.717, 1.165) is 42.9 Å². The topological polar surface area (TPSA) is 134 Å². The number of anilines is 2. The zero-order valence-corrected chi connectivity index (χ0v) is 24.6. The highest BCUT2D eigenvalue weighted by Gasteiger charge is 2.39. The first kappa shape index (κ1) is 28.4. The number of nitrogens with two attached hydrogens (primary N) is 1. The quantitative estimate of drug-likeness (QED) is 0.359. The van der Waals surface area contributed by atoms with Crippen LogP contribution < -0.4 is 21.3 Å². The van der Waals surface area contributed by atoms with Gasteiger partial charge in [0, 0.05) is 49.3 Å². The van der Waals surface area contributed by atoms with Crippen molar-refractivity contribution in [3.63, 3.8) is 0 Å². The number of rotatable bonds is 6. The lowest BCUT2D eigenvalue weighted by molar-refractivity contribution is -0.136. The summed E-state index contributed by atoms with van der Waals surface area (Å²) in [4.78, 5) is 49.8. The molecule has 1 aromatic heterocycles. The lowest BCUT2D eigenvalue weighted by atomic mass is 9.89. The summed E-state index contributed by atoms with van der Waals surface area (Å²) in [6.45, 7) is 4.81. The van der Waals surface area contributed by atoms with Gasteiger partial charge in [-0.2, -0.15) is 0 Å². The molecule has 42 heavy (non-hydrogen) atoms. The van der Waals surface area contributed by atoms with Gasteiger partial charge in [0.25, 0.3) is 5.91 Å². The average Bonchev–Trinajstić information content (AvgIpc) is 3.29. The minimum Gasteiger partial charge on any atom is -0.382 e. The van der Waals surface area contributed by atoms with E-state index >= 15 is 0 Å². The zero-order chi connectivity index (χ0) is 29.6. The number of carbonyl (C=O) groups excluding carboxylic acids is 3. The van der Waals surface area contributed by atoms with Crippen LogP contribution >= 0.6 is 23.2 Å². The van der Waals surface area contributed by atoms with Crippen LogP contribution in [0.4, 0.5) is 11.6 Å². The summed E-state index contributed by atoms with van der Waals surface area (Å²) in [5.74, 6) is 0.173. The normalized spacial score (nSPS) is 20.1. The Morgan fingerprint density at radius 2 is 1.90 bits per heavy atom. The van der Waals surface area contributed by atoms with Crippen LogP contribution in [0.3, 0.4) is 0 Å². The van der Waals surface area contributed by atoms with E-state index in [-0.39, 0.29) is 23.8 Å². The fraction of sp³-hybridized carbons (Fsp3) is 0.367. The van der Waals surface area contributed by atoms with E-state index in [4.69, 9.17) is 28.9 Å². The Hall–Kier alpha value is -3.73. The van der Waals surface area contributed by atoms with Crippen molar-refractivity contribution in [1.29, 1.82) is 0 Å². The first-order valence-electron chi connectivity index (χ1n) is 14.0. The number of hydrogen-bond acceptors (Lipinski definition) is 8. The van der Waals surface area contributed by atoms with Gasteiger partial charge in [0.15, 0.2) is 5.82 Å². The highest BCUT2D eigenvalue weighted by atomic mass is 35.5. The number of carbonyl (C=O) groups is 3. The fourth-order valence-electron chi connectivity index (χ4n) is 5.90. The van der Waals surface area contributed by atoms with Crippen LogP contribution in [-0.4, -0.2) is 57.3 Å². The van der Waals surface area contributed by atoms with Crippen molar-refractivity contribution in [2.24, 2.45) is 0 Å². The van der Waals surface area contributed by atoms with Crippen molar-refractivity contribution >= 4 is 52.6 Å². The van der Waals surface area contributed by atoms with Gasteiger partial charge in [0.1, 0.15) is 17.6 Å². The molecule has 1 atom stereocenters. The lowest BCUT2D eigenvalue weighted by Crippen LogP contribution is -2.52. The van der Waals surface area contributed by atoms with Crippen molar-refractivity contribution in [2.75, 3.05) is 23.7 Å². The molecule has 1 unspecified atom stereocenters. The minimum atomic E-state index is -0.612. The molecule has 6 rings (SSSR count). The molecule has 4 N–H and O–H groups in total. The maximum atomic E-state index is 13.0. The molecule has 12 heteroatoms. The maximum Gasteiger partial charge on any atom is 0.255 e. The lowest BCUT2D eigenvalue weighted by Gasteiger charge is -2.40. The molecule has 2 saturated heterocycles. The number of nitrogens with zero attached hydrogens (tertiary/aromatic N) is 4. The zero-order valence-electron chi connectivity index (χ0n) is 23.1. The van der Waals surface area contributed by atoms with E-state index in [1.807, 2.05) is 24.3 Å². The molecule has 0 aliphatic carbocycles. The standard InChI is InChI=1S/C30H31Cl2N7O3/c1-30(9-11-38(12-10-30)23-15-34-26(27(33)36-23)20-3-2-4-21(31)25(20)32)35-14-17-5-6-19-18(13-17)16-39(29(19)42)22-7-8-24(40)37-28(22)41/h2-6,13,15,22,35H,7-12,14,16H2,1H3,(H2,33,36)(H,37,40,41). The molecule has 3 aliphatic rings. The summed E-state index contributed by atoms with van der Waals surface area (Å²) in [6, 6.07) is 10.6. The van der Waals surface area contributed by atoms with Gasteiger partial charge in [-0.15, -0.1) is 0 Å². The Balaban J connectivity index is 1.06. The van der Waals surface area contributed by atoms with Crippen LogP contribution in [0.1, 0.15) is 54.1 Å². The minimum absolute atomic E-state index is 0.0860. The Morgan fingerprint density at radius 3 is 2.64 bits per heavy atom. The highest BCUT2D eigenvalue weighted by Crippen LogP contribution is 2.36. The number of benzene rings is 2. The fourth-order valence-corrected chi connectivity index (χ4v) is 6.29. The first-order valence-corrected chi connectivity index (χ1v) is 14.7. The number of fused-ring (bicyclic) bond motifs is 1. The third kappa shape index (κ3) is 5.42. The van der Waals surface area contributed by atoms with Crippen LogP contribution in [0.2, 0.25) is 10.0 Å². The molecule has 2 aromatic carbocycles. The average molecular weight is 609 g/mol. The van der Waals surface area contributed by atoms with Crippen LogP contribution in [0, 0.1) is 0 Å². The summed E-state index contributed by atoms with van der Waals surface area (Å²) in [6.07, 6.45) is 4.10. The van der Waals surface area contributed by atoms with Crippen molar-refractivity contribution < 1.29 is 14.4 Å². The highest BCUT2D eigenvalue weighted by molar-refractivity contribution is 6.43. The molecule has 2 fully saturated rings. The molecule has 0 spiro atoms. The second-order valence-corrected chi connectivity index (χ2v) is 12.1. The van der Waals surface area contributed by atoms with Crippen molar-refractivity contribution in [1.82, 2.24) is 25.5 Å².